The minimum absolute atomic E-state index is 0.00382. The summed E-state index contributed by atoms with van der Waals surface area (Å²) in [6.07, 6.45) is 4.52. The summed E-state index contributed by atoms with van der Waals surface area (Å²) >= 11 is 0. The maximum Gasteiger partial charge on any atom is 0.225 e. The molecule has 2 aliphatic heterocycles. The van der Waals surface area contributed by atoms with Crippen molar-refractivity contribution in [1.82, 2.24) is 4.98 Å². The van der Waals surface area contributed by atoms with E-state index < -0.39 is 5.54 Å². The molecule has 2 aromatic carbocycles. The quantitative estimate of drug-likeness (QED) is 0.520. The zero-order valence-corrected chi connectivity index (χ0v) is 20.4. The van der Waals surface area contributed by atoms with E-state index in [0.29, 0.717) is 31.4 Å². The average molecular weight is 472 g/mol. The van der Waals surface area contributed by atoms with Gasteiger partial charge in [0, 0.05) is 18.2 Å². The third kappa shape index (κ3) is 5.30. The zero-order valence-electron chi connectivity index (χ0n) is 20.4. The molecule has 2 fully saturated rings. The van der Waals surface area contributed by atoms with Crippen molar-refractivity contribution in [1.29, 1.82) is 0 Å². The lowest BCUT2D eigenvalue weighted by Gasteiger charge is -2.38. The van der Waals surface area contributed by atoms with Gasteiger partial charge in [-0.05, 0) is 60.9 Å². The number of hydrogen-bond donors (Lipinski definition) is 2. The predicted octanol–water partition coefficient (Wildman–Crippen LogP) is 5.13. The first kappa shape index (κ1) is 23.7. The summed E-state index contributed by atoms with van der Waals surface area (Å²) in [5.74, 6) is 0.887. The van der Waals surface area contributed by atoms with Crippen LogP contribution in [0.5, 0.6) is 0 Å². The second-order valence-electron chi connectivity index (χ2n) is 10.1. The number of benzene rings is 2. The van der Waals surface area contributed by atoms with E-state index in [-0.39, 0.29) is 18.1 Å². The van der Waals surface area contributed by atoms with Gasteiger partial charge in [-0.25, -0.2) is 4.98 Å². The monoisotopic (exact) mass is 471 g/mol. The van der Waals surface area contributed by atoms with E-state index in [9.17, 15) is 4.79 Å². The first-order valence-electron chi connectivity index (χ1n) is 12.4. The molecule has 1 aromatic heterocycles. The normalized spacial score (nSPS) is 23.3. The molecule has 3 N–H and O–H groups in total. The molecule has 35 heavy (non-hydrogen) atoms. The first-order chi connectivity index (χ1) is 16.9. The molecule has 2 saturated heterocycles. The van der Waals surface area contributed by atoms with Crippen LogP contribution in [0, 0.1) is 5.92 Å². The Bertz CT molecular complexity index is 1170. The Hall–Kier alpha value is -3.06. The molecule has 3 aromatic rings. The highest BCUT2D eigenvalue weighted by Gasteiger charge is 2.35. The molecular weight excluding hydrogens is 438 g/mol. The van der Waals surface area contributed by atoms with Gasteiger partial charge in [-0.3, -0.25) is 4.79 Å². The molecule has 2 aliphatic rings. The second kappa shape index (κ2) is 9.90. The summed E-state index contributed by atoms with van der Waals surface area (Å²) in [6.45, 7) is 5.24. The molecule has 6 nitrogen and oxygen atoms in total. The van der Waals surface area contributed by atoms with E-state index in [1.807, 2.05) is 30.5 Å². The van der Waals surface area contributed by atoms with Gasteiger partial charge in [0.1, 0.15) is 5.82 Å². The van der Waals surface area contributed by atoms with Gasteiger partial charge in [0.05, 0.1) is 31.0 Å². The Kier molecular flexibility index (Phi) is 6.69. The lowest BCUT2D eigenvalue weighted by molar-refractivity contribution is -0.119. The number of carbonyl (C=O) groups excluding carboxylic acids is 1. The largest absolute Gasteiger partial charge is 0.377 e. The van der Waals surface area contributed by atoms with Crippen LogP contribution in [0.25, 0.3) is 22.3 Å². The van der Waals surface area contributed by atoms with Crippen LogP contribution < -0.4 is 11.1 Å². The molecule has 3 heterocycles. The van der Waals surface area contributed by atoms with Gasteiger partial charge >= 0.3 is 0 Å². The van der Waals surface area contributed by atoms with Crippen LogP contribution in [0.3, 0.4) is 0 Å². The summed E-state index contributed by atoms with van der Waals surface area (Å²) in [6, 6.07) is 20.4. The number of amides is 1. The van der Waals surface area contributed by atoms with Crippen LogP contribution in [0.1, 0.15) is 38.7 Å². The number of ether oxygens (including phenoxy) is 2. The topological polar surface area (TPSA) is 86.5 Å². The van der Waals surface area contributed by atoms with Gasteiger partial charge in [0.25, 0.3) is 0 Å². The number of anilines is 1. The van der Waals surface area contributed by atoms with Crippen molar-refractivity contribution in [3.05, 3.63) is 72.4 Å². The van der Waals surface area contributed by atoms with Gasteiger partial charge in [-0.2, -0.15) is 0 Å². The number of nitrogens with zero attached hydrogens (tertiary/aromatic N) is 1. The van der Waals surface area contributed by atoms with Crippen LogP contribution in [0.2, 0.25) is 0 Å². The number of hydrogen-bond acceptors (Lipinski definition) is 5. The molecule has 0 saturated carbocycles. The summed E-state index contributed by atoms with van der Waals surface area (Å²) in [4.78, 5) is 17.4. The maximum absolute atomic E-state index is 12.8. The standard InChI is InChI=1S/C29H33N3O3/c1-19-12-21(13-20(2)35-19)14-28(33)32-27-15-25(22-6-4-3-5-7-22)26(16-31-27)23-8-10-24(11-9-23)29(30)17-34-18-29/h3-11,15-16,19-21H,12-14,17-18,30H2,1-2H3,(H,31,32,33)/t19-,20+,21?. The smallest absolute Gasteiger partial charge is 0.225 e. The van der Waals surface area contributed by atoms with Crippen molar-refractivity contribution in [3.63, 3.8) is 0 Å². The molecule has 6 heteroatoms. The number of nitrogens with one attached hydrogen (secondary N) is 1. The molecule has 3 atom stereocenters. The van der Waals surface area contributed by atoms with E-state index in [1.54, 1.807) is 0 Å². The van der Waals surface area contributed by atoms with Crippen LogP contribution in [0.15, 0.2) is 66.9 Å². The van der Waals surface area contributed by atoms with Crippen molar-refractivity contribution in [3.8, 4) is 22.3 Å². The number of carbonyl (C=O) groups is 1. The van der Waals surface area contributed by atoms with E-state index in [2.05, 4.69) is 60.5 Å². The molecule has 1 amide bonds. The van der Waals surface area contributed by atoms with E-state index in [1.165, 1.54) is 0 Å². The Labute approximate surface area is 206 Å². The number of pyridine rings is 1. The molecule has 182 valence electrons. The second-order valence-corrected chi connectivity index (χ2v) is 10.1. The number of aromatic nitrogens is 1. The minimum atomic E-state index is -0.396. The summed E-state index contributed by atoms with van der Waals surface area (Å²) in [7, 11) is 0. The molecule has 5 rings (SSSR count). The van der Waals surface area contributed by atoms with Crippen molar-refractivity contribution in [2.45, 2.75) is 50.9 Å². The molecule has 0 spiro atoms. The Morgan fingerprint density at radius 1 is 1.00 bits per heavy atom. The van der Waals surface area contributed by atoms with Crippen LogP contribution in [0.4, 0.5) is 5.82 Å². The molecule has 0 aliphatic carbocycles. The maximum atomic E-state index is 12.8. The van der Waals surface area contributed by atoms with Crippen LogP contribution >= 0.6 is 0 Å². The summed E-state index contributed by atoms with van der Waals surface area (Å²) in [5, 5.41) is 3.03. The van der Waals surface area contributed by atoms with Crippen molar-refractivity contribution in [2.75, 3.05) is 18.5 Å². The van der Waals surface area contributed by atoms with Crippen LogP contribution in [-0.2, 0) is 19.8 Å². The molecule has 0 radical (unpaired) electrons. The van der Waals surface area contributed by atoms with Gasteiger partial charge in [-0.15, -0.1) is 0 Å². The van der Waals surface area contributed by atoms with E-state index in [0.717, 1.165) is 40.7 Å². The van der Waals surface area contributed by atoms with Crippen molar-refractivity contribution in [2.24, 2.45) is 11.7 Å². The SMILES string of the molecule is C[C@@H]1CC(CC(=O)Nc2cc(-c3ccccc3)c(-c3ccc(C4(N)COC4)cc3)cn2)C[C@H](C)O1. The molecule has 1 unspecified atom stereocenters. The fraction of sp³-hybridized carbons (Fsp3) is 0.379. The zero-order chi connectivity index (χ0) is 24.4. The summed E-state index contributed by atoms with van der Waals surface area (Å²) in [5.41, 5.74) is 11.2. The van der Waals surface area contributed by atoms with E-state index >= 15 is 0 Å². The van der Waals surface area contributed by atoms with E-state index in [4.69, 9.17) is 15.2 Å². The van der Waals surface area contributed by atoms with Gasteiger partial charge in [0.15, 0.2) is 0 Å². The number of nitrogens with two attached hydrogens (primary N) is 1. The van der Waals surface area contributed by atoms with Gasteiger partial charge < -0.3 is 20.5 Å². The van der Waals surface area contributed by atoms with Crippen molar-refractivity contribution < 1.29 is 14.3 Å². The lowest BCUT2D eigenvalue weighted by Crippen LogP contribution is -2.54. The van der Waals surface area contributed by atoms with Crippen molar-refractivity contribution >= 4 is 11.7 Å². The highest BCUT2D eigenvalue weighted by atomic mass is 16.5. The Morgan fingerprint density at radius 2 is 1.66 bits per heavy atom. The third-order valence-electron chi connectivity index (χ3n) is 7.02. The Balaban J connectivity index is 1.39. The first-order valence-corrected chi connectivity index (χ1v) is 12.4. The average Bonchev–Trinajstić information content (AvgIpc) is 2.82. The molecular formula is C29H33N3O3. The number of rotatable bonds is 6. The highest BCUT2D eigenvalue weighted by molar-refractivity contribution is 5.92. The third-order valence-corrected chi connectivity index (χ3v) is 7.02. The summed E-state index contributed by atoms with van der Waals surface area (Å²) < 4.78 is 11.1. The van der Waals surface area contributed by atoms with Gasteiger partial charge in [0.2, 0.25) is 5.91 Å². The fourth-order valence-corrected chi connectivity index (χ4v) is 5.25. The highest BCUT2D eigenvalue weighted by Crippen LogP contribution is 2.35. The minimum Gasteiger partial charge on any atom is -0.377 e. The molecule has 0 bridgehead atoms. The fourth-order valence-electron chi connectivity index (χ4n) is 5.25. The predicted molar refractivity (Wildman–Crippen MR) is 138 cm³/mol. The van der Waals surface area contributed by atoms with Crippen LogP contribution in [-0.4, -0.2) is 36.3 Å². The van der Waals surface area contributed by atoms with Gasteiger partial charge in [-0.1, -0.05) is 54.6 Å². The lowest BCUT2D eigenvalue weighted by atomic mass is 9.87. The Morgan fingerprint density at radius 3 is 2.29 bits per heavy atom.